The van der Waals surface area contributed by atoms with Gasteiger partial charge in [-0.25, -0.2) is 9.48 Å². The first-order chi connectivity index (χ1) is 11.1. The highest BCUT2D eigenvalue weighted by molar-refractivity contribution is 5.77. The molecule has 1 aliphatic rings. The molecule has 0 spiro atoms. The van der Waals surface area contributed by atoms with Gasteiger partial charge in [-0.05, 0) is 24.1 Å². The van der Waals surface area contributed by atoms with Crippen molar-refractivity contribution in [3.63, 3.8) is 0 Å². The van der Waals surface area contributed by atoms with Gasteiger partial charge in [0.25, 0.3) is 0 Å². The average molecular weight is 314 g/mol. The van der Waals surface area contributed by atoms with Crippen molar-refractivity contribution < 1.29 is 14.7 Å². The van der Waals surface area contributed by atoms with Gasteiger partial charge in [0.1, 0.15) is 0 Å². The van der Waals surface area contributed by atoms with Crippen molar-refractivity contribution in [1.82, 2.24) is 20.0 Å². The highest BCUT2D eigenvalue weighted by Crippen LogP contribution is 2.17. The lowest BCUT2D eigenvalue weighted by atomic mass is 10.1. The molecule has 1 aliphatic heterocycles. The number of carboxylic acids is 1. The normalized spacial score (nSPS) is 17.2. The maximum Gasteiger partial charge on any atom is 0.317 e. The number of aromatic nitrogens is 2. The van der Waals surface area contributed by atoms with Gasteiger partial charge in [0, 0.05) is 32.0 Å². The molecule has 0 radical (unpaired) electrons. The lowest BCUT2D eigenvalue weighted by Crippen LogP contribution is -2.38. The first kappa shape index (κ1) is 15.1. The predicted octanol–water partition coefficient (Wildman–Crippen LogP) is 1.49. The van der Waals surface area contributed by atoms with Gasteiger partial charge in [-0.2, -0.15) is 5.10 Å². The lowest BCUT2D eigenvalue weighted by molar-refractivity contribution is -0.141. The Balaban J connectivity index is 1.63. The van der Waals surface area contributed by atoms with Gasteiger partial charge in [-0.1, -0.05) is 18.2 Å². The van der Waals surface area contributed by atoms with Crippen LogP contribution in [0.25, 0.3) is 5.69 Å². The van der Waals surface area contributed by atoms with Crippen molar-refractivity contribution in [1.29, 1.82) is 0 Å². The number of benzene rings is 1. The Labute approximate surface area is 133 Å². The molecule has 120 valence electrons. The van der Waals surface area contributed by atoms with E-state index in [4.69, 9.17) is 5.11 Å². The van der Waals surface area contributed by atoms with Gasteiger partial charge in [-0.3, -0.25) is 4.79 Å². The molecule has 1 atom stereocenters. The molecule has 1 saturated heterocycles. The first-order valence-electron chi connectivity index (χ1n) is 7.48. The number of carboxylic acid groups (broad SMARTS) is 1. The third kappa shape index (κ3) is 3.33. The zero-order chi connectivity index (χ0) is 16.2. The smallest absolute Gasteiger partial charge is 0.317 e. The van der Waals surface area contributed by atoms with Crippen LogP contribution < -0.4 is 5.32 Å². The first-order valence-corrected chi connectivity index (χ1v) is 7.48. The third-order valence-electron chi connectivity index (χ3n) is 4.00. The molecular formula is C16H18N4O3. The molecule has 0 bridgehead atoms. The number of urea groups is 1. The minimum absolute atomic E-state index is 0.232. The largest absolute Gasteiger partial charge is 0.481 e. The molecule has 3 rings (SSSR count). The molecule has 23 heavy (non-hydrogen) atoms. The molecule has 2 aromatic rings. The Bertz CT molecular complexity index is 699. The molecule has 2 heterocycles. The maximum atomic E-state index is 12.2. The van der Waals surface area contributed by atoms with E-state index in [1.54, 1.807) is 15.8 Å². The van der Waals surface area contributed by atoms with Crippen LogP contribution in [0.1, 0.15) is 12.0 Å². The Kier molecular flexibility index (Phi) is 4.27. The second kappa shape index (κ2) is 6.51. The van der Waals surface area contributed by atoms with Crippen molar-refractivity contribution in [3.8, 4) is 5.69 Å². The number of nitrogens with zero attached hydrogens (tertiary/aromatic N) is 3. The second-order valence-electron chi connectivity index (χ2n) is 5.51. The van der Waals surface area contributed by atoms with Gasteiger partial charge in [0.15, 0.2) is 0 Å². The number of carbonyl (C=O) groups excluding carboxylic acids is 1. The van der Waals surface area contributed by atoms with E-state index in [9.17, 15) is 9.59 Å². The van der Waals surface area contributed by atoms with E-state index in [0.717, 1.165) is 11.3 Å². The van der Waals surface area contributed by atoms with Crippen LogP contribution in [0.3, 0.4) is 0 Å². The summed E-state index contributed by atoms with van der Waals surface area (Å²) < 4.78 is 1.75. The maximum absolute atomic E-state index is 12.2. The van der Waals surface area contributed by atoms with Crippen LogP contribution in [0.4, 0.5) is 4.79 Å². The highest BCUT2D eigenvalue weighted by Gasteiger charge is 2.30. The van der Waals surface area contributed by atoms with Crippen LogP contribution in [0.2, 0.25) is 0 Å². The molecule has 1 aromatic carbocycles. The van der Waals surface area contributed by atoms with Gasteiger partial charge < -0.3 is 15.3 Å². The standard InChI is InChI=1S/C16H18N4O3/c21-15(22)13-6-9-19(11-13)16(23)17-10-12-4-1-2-5-14(12)20-8-3-7-18-20/h1-5,7-8,13H,6,9-11H2,(H,17,23)(H,21,22). The van der Waals surface area contributed by atoms with Crippen LogP contribution in [0.5, 0.6) is 0 Å². The number of hydrogen-bond acceptors (Lipinski definition) is 3. The summed E-state index contributed by atoms with van der Waals surface area (Å²) in [5.74, 6) is -1.30. The molecule has 0 aliphatic carbocycles. The number of hydrogen-bond donors (Lipinski definition) is 2. The summed E-state index contributed by atoms with van der Waals surface area (Å²) in [4.78, 5) is 24.7. The van der Waals surface area contributed by atoms with Crippen molar-refractivity contribution in [2.75, 3.05) is 13.1 Å². The fourth-order valence-corrected chi connectivity index (χ4v) is 2.72. The summed E-state index contributed by atoms with van der Waals surface area (Å²) in [5.41, 5.74) is 1.85. The summed E-state index contributed by atoms with van der Waals surface area (Å²) in [6, 6.07) is 9.30. The van der Waals surface area contributed by atoms with Crippen LogP contribution in [0.15, 0.2) is 42.7 Å². The van der Waals surface area contributed by atoms with Gasteiger partial charge in [0.05, 0.1) is 11.6 Å². The van der Waals surface area contributed by atoms with Gasteiger partial charge in [-0.15, -0.1) is 0 Å². The molecule has 7 nitrogen and oxygen atoms in total. The molecule has 7 heteroatoms. The second-order valence-corrected chi connectivity index (χ2v) is 5.51. The minimum Gasteiger partial charge on any atom is -0.481 e. The molecule has 1 fully saturated rings. The van der Waals surface area contributed by atoms with Gasteiger partial charge in [0.2, 0.25) is 0 Å². The molecular weight excluding hydrogens is 296 g/mol. The number of carbonyl (C=O) groups is 2. The van der Waals surface area contributed by atoms with E-state index in [2.05, 4.69) is 10.4 Å². The quantitative estimate of drug-likeness (QED) is 0.895. The van der Waals surface area contributed by atoms with E-state index in [0.29, 0.717) is 19.5 Å². The Hall–Kier alpha value is -2.83. The molecule has 2 amide bonds. The highest BCUT2D eigenvalue weighted by atomic mass is 16.4. The predicted molar refractivity (Wildman–Crippen MR) is 83.1 cm³/mol. The van der Waals surface area contributed by atoms with E-state index in [1.165, 1.54) is 0 Å². The number of amides is 2. The Morgan fingerprint density at radius 2 is 2.13 bits per heavy atom. The SMILES string of the molecule is O=C(O)C1CCN(C(=O)NCc2ccccc2-n2cccn2)C1. The zero-order valence-electron chi connectivity index (χ0n) is 12.6. The van der Waals surface area contributed by atoms with Crippen LogP contribution in [-0.2, 0) is 11.3 Å². The van der Waals surface area contributed by atoms with Crippen molar-refractivity contribution in [3.05, 3.63) is 48.3 Å². The third-order valence-corrected chi connectivity index (χ3v) is 4.00. The summed E-state index contributed by atoms with van der Waals surface area (Å²) >= 11 is 0. The average Bonchev–Trinajstić information content (AvgIpc) is 3.24. The molecule has 1 unspecified atom stereocenters. The lowest BCUT2D eigenvalue weighted by Gasteiger charge is -2.17. The van der Waals surface area contributed by atoms with Crippen molar-refractivity contribution in [2.24, 2.45) is 5.92 Å². The number of para-hydroxylation sites is 1. The topological polar surface area (TPSA) is 87.5 Å². The summed E-state index contributed by atoms with van der Waals surface area (Å²) in [6.07, 6.45) is 4.05. The zero-order valence-corrected chi connectivity index (χ0v) is 12.6. The van der Waals surface area contributed by atoms with Crippen molar-refractivity contribution >= 4 is 12.0 Å². The molecule has 0 saturated carbocycles. The van der Waals surface area contributed by atoms with E-state index >= 15 is 0 Å². The summed E-state index contributed by atoms with van der Waals surface area (Å²) in [7, 11) is 0. The van der Waals surface area contributed by atoms with Gasteiger partial charge >= 0.3 is 12.0 Å². The van der Waals surface area contributed by atoms with Crippen LogP contribution in [0, 0.1) is 5.92 Å². The molecule has 2 N–H and O–H groups in total. The Morgan fingerprint density at radius 3 is 2.83 bits per heavy atom. The summed E-state index contributed by atoms with van der Waals surface area (Å²) in [6.45, 7) is 1.11. The molecule has 1 aromatic heterocycles. The number of aliphatic carboxylic acids is 1. The van der Waals surface area contributed by atoms with Crippen LogP contribution >= 0.6 is 0 Å². The van der Waals surface area contributed by atoms with Crippen molar-refractivity contribution in [2.45, 2.75) is 13.0 Å². The van der Waals surface area contributed by atoms with Crippen LogP contribution in [-0.4, -0.2) is 44.9 Å². The van der Waals surface area contributed by atoms with E-state index in [-0.39, 0.29) is 12.6 Å². The fraction of sp³-hybridized carbons (Fsp3) is 0.312. The Morgan fingerprint density at radius 1 is 1.30 bits per heavy atom. The minimum atomic E-state index is -0.843. The number of rotatable bonds is 4. The van der Waals surface area contributed by atoms with E-state index in [1.807, 2.05) is 36.5 Å². The monoisotopic (exact) mass is 314 g/mol. The number of likely N-dealkylation sites (tertiary alicyclic amines) is 1. The van der Waals surface area contributed by atoms with E-state index < -0.39 is 11.9 Å². The number of nitrogens with one attached hydrogen (secondary N) is 1. The summed E-state index contributed by atoms with van der Waals surface area (Å²) in [5, 5.41) is 16.1. The fourth-order valence-electron chi connectivity index (χ4n) is 2.72.